The molecule has 1 unspecified atom stereocenters. The summed E-state index contributed by atoms with van der Waals surface area (Å²) in [5.41, 5.74) is 8.74. The SMILES string of the molecule is Cc1nn(C)cc1C(N)C1CCCCCC1. The van der Waals surface area contributed by atoms with Crippen LogP contribution in [0.15, 0.2) is 6.20 Å². The van der Waals surface area contributed by atoms with Crippen molar-refractivity contribution in [1.29, 1.82) is 0 Å². The van der Waals surface area contributed by atoms with Crippen molar-refractivity contribution in [2.45, 2.75) is 51.5 Å². The molecule has 90 valence electrons. The van der Waals surface area contributed by atoms with E-state index in [-0.39, 0.29) is 6.04 Å². The molecule has 16 heavy (non-hydrogen) atoms. The number of aromatic nitrogens is 2. The first kappa shape index (κ1) is 11.6. The minimum Gasteiger partial charge on any atom is -0.324 e. The smallest absolute Gasteiger partial charge is 0.0641 e. The fraction of sp³-hybridized carbons (Fsp3) is 0.769. The molecule has 1 aliphatic rings. The Hall–Kier alpha value is -0.830. The Morgan fingerprint density at radius 3 is 2.44 bits per heavy atom. The van der Waals surface area contributed by atoms with E-state index in [9.17, 15) is 0 Å². The maximum Gasteiger partial charge on any atom is 0.0641 e. The van der Waals surface area contributed by atoms with Gasteiger partial charge in [0.1, 0.15) is 0 Å². The third-order valence-corrected chi connectivity index (χ3v) is 3.82. The molecule has 0 spiro atoms. The second kappa shape index (κ2) is 5.00. The summed E-state index contributed by atoms with van der Waals surface area (Å²) in [6, 6.07) is 0.187. The van der Waals surface area contributed by atoms with Crippen molar-refractivity contribution in [1.82, 2.24) is 9.78 Å². The molecule has 0 amide bonds. The summed E-state index contributed by atoms with van der Waals surface area (Å²) < 4.78 is 1.88. The molecule has 0 radical (unpaired) electrons. The van der Waals surface area contributed by atoms with Crippen LogP contribution in [0.2, 0.25) is 0 Å². The van der Waals surface area contributed by atoms with Gasteiger partial charge in [-0.2, -0.15) is 5.10 Å². The van der Waals surface area contributed by atoms with E-state index in [1.807, 2.05) is 11.7 Å². The molecule has 0 aromatic carbocycles. The van der Waals surface area contributed by atoms with Crippen LogP contribution < -0.4 is 5.73 Å². The van der Waals surface area contributed by atoms with E-state index in [0.717, 1.165) is 5.69 Å². The monoisotopic (exact) mass is 221 g/mol. The van der Waals surface area contributed by atoms with Gasteiger partial charge in [0.05, 0.1) is 5.69 Å². The molecule has 3 heteroatoms. The fourth-order valence-electron chi connectivity index (χ4n) is 2.87. The van der Waals surface area contributed by atoms with Gasteiger partial charge in [-0.05, 0) is 25.7 Å². The molecule has 1 heterocycles. The first-order valence-corrected chi connectivity index (χ1v) is 6.44. The van der Waals surface area contributed by atoms with Crippen LogP contribution in [0.25, 0.3) is 0 Å². The van der Waals surface area contributed by atoms with Crippen LogP contribution in [0.1, 0.15) is 55.8 Å². The molecule has 0 saturated heterocycles. The van der Waals surface area contributed by atoms with E-state index in [2.05, 4.69) is 18.2 Å². The third-order valence-electron chi connectivity index (χ3n) is 3.82. The summed E-state index contributed by atoms with van der Waals surface area (Å²) in [7, 11) is 1.97. The average molecular weight is 221 g/mol. The summed E-state index contributed by atoms with van der Waals surface area (Å²) in [5.74, 6) is 0.658. The van der Waals surface area contributed by atoms with Gasteiger partial charge in [-0.15, -0.1) is 0 Å². The molecule has 1 aromatic heterocycles. The number of hydrogen-bond donors (Lipinski definition) is 1. The van der Waals surface area contributed by atoms with Crippen molar-refractivity contribution in [2.75, 3.05) is 0 Å². The molecule has 1 atom stereocenters. The minimum atomic E-state index is 0.187. The van der Waals surface area contributed by atoms with Crippen LogP contribution in [-0.2, 0) is 7.05 Å². The molecule has 1 saturated carbocycles. The van der Waals surface area contributed by atoms with Crippen molar-refractivity contribution in [2.24, 2.45) is 18.7 Å². The predicted octanol–water partition coefficient (Wildman–Crippen LogP) is 2.70. The highest BCUT2D eigenvalue weighted by Gasteiger charge is 2.23. The maximum absolute atomic E-state index is 6.40. The number of nitrogens with zero attached hydrogens (tertiary/aromatic N) is 2. The van der Waals surface area contributed by atoms with E-state index in [0.29, 0.717) is 5.92 Å². The second-order valence-electron chi connectivity index (χ2n) is 5.12. The van der Waals surface area contributed by atoms with Crippen LogP contribution in [0.4, 0.5) is 0 Å². The molecule has 1 fully saturated rings. The van der Waals surface area contributed by atoms with E-state index in [4.69, 9.17) is 5.73 Å². The molecule has 0 bridgehead atoms. The topological polar surface area (TPSA) is 43.8 Å². The molecule has 0 aliphatic heterocycles. The van der Waals surface area contributed by atoms with Crippen molar-refractivity contribution in [3.8, 4) is 0 Å². The molecular weight excluding hydrogens is 198 g/mol. The largest absolute Gasteiger partial charge is 0.324 e. The zero-order valence-electron chi connectivity index (χ0n) is 10.4. The second-order valence-corrected chi connectivity index (χ2v) is 5.12. The highest BCUT2D eigenvalue weighted by atomic mass is 15.2. The van der Waals surface area contributed by atoms with Crippen molar-refractivity contribution < 1.29 is 0 Å². The van der Waals surface area contributed by atoms with Gasteiger partial charge in [0.15, 0.2) is 0 Å². The summed E-state index contributed by atoms with van der Waals surface area (Å²) in [4.78, 5) is 0. The average Bonchev–Trinajstić information content (AvgIpc) is 2.49. The van der Waals surface area contributed by atoms with Gasteiger partial charge in [-0.25, -0.2) is 0 Å². The Bertz CT molecular complexity index is 335. The standard InChI is InChI=1S/C13H23N3/c1-10-12(9-16(2)15-10)13(14)11-7-5-3-4-6-8-11/h9,11,13H,3-8,14H2,1-2H3. The lowest BCUT2D eigenvalue weighted by Gasteiger charge is -2.21. The highest BCUT2D eigenvalue weighted by molar-refractivity contribution is 5.20. The first-order valence-electron chi connectivity index (χ1n) is 6.44. The lowest BCUT2D eigenvalue weighted by atomic mass is 9.88. The normalized spacial score (nSPS) is 20.7. The lowest BCUT2D eigenvalue weighted by molar-refractivity contribution is 0.381. The van der Waals surface area contributed by atoms with E-state index >= 15 is 0 Å². The Labute approximate surface area is 98.0 Å². The number of rotatable bonds is 2. The third kappa shape index (κ3) is 2.46. The Morgan fingerprint density at radius 1 is 1.31 bits per heavy atom. The Kier molecular flexibility index (Phi) is 3.64. The predicted molar refractivity (Wildman–Crippen MR) is 66.1 cm³/mol. The van der Waals surface area contributed by atoms with Gasteiger partial charge in [0, 0.05) is 24.8 Å². The molecule has 3 nitrogen and oxygen atoms in total. The van der Waals surface area contributed by atoms with Gasteiger partial charge >= 0.3 is 0 Å². The van der Waals surface area contributed by atoms with E-state index in [1.54, 1.807) is 0 Å². The highest BCUT2D eigenvalue weighted by Crippen LogP contribution is 2.32. The van der Waals surface area contributed by atoms with Crippen LogP contribution in [-0.4, -0.2) is 9.78 Å². The van der Waals surface area contributed by atoms with Gasteiger partial charge in [0.2, 0.25) is 0 Å². The molecule has 1 aliphatic carbocycles. The number of nitrogens with two attached hydrogens (primary N) is 1. The molecule has 2 N–H and O–H groups in total. The number of aryl methyl sites for hydroxylation is 2. The van der Waals surface area contributed by atoms with E-state index in [1.165, 1.54) is 44.1 Å². The first-order chi connectivity index (χ1) is 7.68. The zero-order valence-corrected chi connectivity index (χ0v) is 10.4. The van der Waals surface area contributed by atoms with E-state index < -0.39 is 0 Å². The zero-order chi connectivity index (χ0) is 11.5. The van der Waals surface area contributed by atoms with Crippen LogP contribution >= 0.6 is 0 Å². The quantitative estimate of drug-likeness (QED) is 0.780. The summed E-state index contributed by atoms with van der Waals surface area (Å²) in [6.07, 6.45) is 10.1. The maximum atomic E-state index is 6.40. The lowest BCUT2D eigenvalue weighted by Crippen LogP contribution is -2.21. The van der Waals surface area contributed by atoms with Crippen molar-refractivity contribution in [3.63, 3.8) is 0 Å². The minimum absolute atomic E-state index is 0.187. The van der Waals surface area contributed by atoms with Crippen LogP contribution in [0.5, 0.6) is 0 Å². The van der Waals surface area contributed by atoms with Crippen LogP contribution in [0.3, 0.4) is 0 Å². The molecule has 2 rings (SSSR count). The molecule has 1 aromatic rings. The van der Waals surface area contributed by atoms with Gasteiger partial charge < -0.3 is 5.73 Å². The number of hydrogen-bond acceptors (Lipinski definition) is 2. The van der Waals surface area contributed by atoms with Gasteiger partial charge in [0.25, 0.3) is 0 Å². The summed E-state index contributed by atoms with van der Waals surface area (Å²) >= 11 is 0. The van der Waals surface area contributed by atoms with Gasteiger partial charge in [-0.1, -0.05) is 25.7 Å². The molecular formula is C13H23N3. The Morgan fingerprint density at radius 2 is 1.94 bits per heavy atom. The summed E-state index contributed by atoms with van der Waals surface area (Å²) in [6.45, 7) is 2.06. The Balaban J connectivity index is 2.10. The van der Waals surface area contributed by atoms with Crippen molar-refractivity contribution >= 4 is 0 Å². The van der Waals surface area contributed by atoms with Gasteiger partial charge in [-0.3, -0.25) is 4.68 Å². The van der Waals surface area contributed by atoms with Crippen molar-refractivity contribution in [3.05, 3.63) is 17.5 Å². The van der Waals surface area contributed by atoms with Crippen LogP contribution in [0, 0.1) is 12.8 Å². The summed E-state index contributed by atoms with van der Waals surface area (Å²) in [5, 5.41) is 4.39. The fourth-order valence-corrected chi connectivity index (χ4v) is 2.87.